The zero-order valence-corrected chi connectivity index (χ0v) is 13.3. The zero-order chi connectivity index (χ0) is 15.7. The van der Waals surface area contributed by atoms with Crippen LogP contribution in [0.2, 0.25) is 5.02 Å². The van der Waals surface area contributed by atoms with Crippen molar-refractivity contribution >= 4 is 28.2 Å². The average Bonchev–Trinajstić information content (AvgIpc) is 2.51. The Morgan fingerprint density at radius 1 is 1.05 bits per heavy atom. The van der Waals surface area contributed by atoms with Crippen LogP contribution in [-0.2, 0) is 6.54 Å². The van der Waals surface area contributed by atoms with Crippen LogP contribution < -0.4 is 10.9 Å². The van der Waals surface area contributed by atoms with Gasteiger partial charge in [0.25, 0.3) is 5.56 Å². The molecule has 112 valence electrons. The second kappa shape index (κ2) is 5.85. The van der Waals surface area contributed by atoms with E-state index in [4.69, 9.17) is 11.6 Å². The van der Waals surface area contributed by atoms with Gasteiger partial charge >= 0.3 is 0 Å². The molecule has 0 unspecified atom stereocenters. The second-order valence-corrected chi connectivity index (χ2v) is 5.91. The molecule has 1 heterocycles. The smallest absolute Gasteiger partial charge is 0.253 e. The van der Waals surface area contributed by atoms with Crippen LogP contribution in [0.1, 0.15) is 16.7 Å². The fraction of sp³-hybridized carbons (Fsp3) is 0.167. The number of H-pyrrole nitrogens is 1. The van der Waals surface area contributed by atoms with Gasteiger partial charge in [0, 0.05) is 28.2 Å². The van der Waals surface area contributed by atoms with Crippen LogP contribution in [0, 0.1) is 13.8 Å². The number of benzene rings is 2. The highest BCUT2D eigenvalue weighted by Gasteiger charge is 2.07. The minimum absolute atomic E-state index is 0.0531. The minimum atomic E-state index is -0.0531. The van der Waals surface area contributed by atoms with E-state index in [9.17, 15) is 4.79 Å². The van der Waals surface area contributed by atoms with Gasteiger partial charge in [0.1, 0.15) is 0 Å². The Balaban J connectivity index is 1.94. The highest BCUT2D eigenvalue weighted by atomic mass is 35.5. The Bertz CT molecular complexity index is 882. The summed E-state index contributed by atoms with van der Waals surface area (Å²) >= 11 is 5.87. The Hall–Kier alpha value is -2.26. The summed E-state index contributed by atoms with van der Waals surface area (Å²) in [6.45, 7) is 4.53. The number of rotatable bonds is 3. The first-order valence-electron chi connectivity index (χ1n) is 7.16. The van der Waals surface area contributed by atoms with E-state index in [1.54, 1.807) is 0 Å². The lowest BCUT2D eigenvalue weighted by molar-refractivity contribution is 1.09. The predicted molar refractivity (Wildman–Crippen MR) is 92.8 cm³/mol. The third-order valence-corrected chi connectivity index (χ3v) is 4.10. The molecule has 3 rings (SSSR count). The van der Waals surface area contributed by atoms with Crippen molar-refractivity contribution in [3.05, 3.63) is 74.5 Å². The van der Waals surface area contributed by atoms with E-state index < -0.39 is 0 Å². The van der Waals surface area contributed by atoms with Gasteiger partial charge in [-0.05, 0) is 55.3 Å². The maximum Gasteiger partial charge on any atom is 0.253 e. The minimum Gasteiger partial charge on any atom is -0.381 e. The zero-order valence-electron chi connectivity index (χ0n) is 12.5. The van der Waals surface area contributed by atoms with Gasteiger partial charge in [0.15, 0.2) is 0 Å². The number of aromatic amines is 1. The lowest BCUT2D eigenvalue weighted by Gasteiger charge is -2.10. The lowest BCUT2D eigenvalue weighted by Crippen LogP contribution is -2.16. The molecule has 0 atom stereocenters. The van der Waals surface area contributed by atoms with Gasteiger partial charge in [0.2, 0.25) is 0 Å². The molecular weight excluding hydrogens is 296 g/mol. The van der Waals surface area contributed by atoms with Gasteiger partial charge in [0.05, 0.1) is 5.52 Å². The van der Waals surface area contributed by atoms with Crippen molar-refractivity contribution < 1.29 is 0 Å². The van der Waals surface area contributed by atoms with Gasteiger partial charge in [-0.2, -0.15) is 0 Å². The molecule has 0 bridgehead atoms. The second-order valence-electron chi connectivity index (χ2n) is 5.47. The molecule has 0 amide bonds. The topological polar surface area (TPSA) is 44.9 Å². The van der Waals surface area contributed by atoms with E-state index in [1.807, 2.05) is 43.3 Å². The van der Waals surface area contributed by atoms with Crippen LogP contribution in [0.15, 0.2) is 47.3 Å². The molecule has 0 aliphatic heterocycles. The fourth-order valence-electron chi connectivity index (χ4n) is 2.51. The number of hydrogen-bond acceptors (Lipinski definition) is 2. The number of aryl methyl sites for hydroxylation is 2. The van der Waals surface area contributed by atoms with Crippen LogP contribution in [0.25, 0.3) is 10.9 Å². The van der Waals surface area contributed by atoms with Crippen molar-refractivity contribution in [3.8, 4) is 0 Å². The normalized spacial score (nSPS) is 10.9. The third kappa shape index (κ3) is 2.85. The first-order valence-corrected chi connectivity index (χ1v) is 7.54. The van der Waals surface area contributed by atoms with Crippen LogP contribution in [-0.4, -0.2) is 4.98 Å². The largest absolute Gasteiger partial charge is 0.381 e. The number of hydrogen-bond donors (Lipinski definition) is 2. The molecule has 0 radical (unpaired) electrons. The molecule has 1 aromatic heterocycles. The number of halogens is 1. The standard InChI is InChI=1S/C18H17ClN2O/c1-11-3-4-12(2)17-16(11)9-13(18(22)21-17)10-20-15-7-5-14(19)6-8-15/h3-9,20H,10H2,1-2H3,(H,21,22). The highest BCUT2D eigenvalue weighted by molar-refractivity contribution is 6.30. The van der Waals surface area contributed by atoms with Crippen molar-refractivity contribution in [1.82, 2.24) is 4.98 Å². The van der Waals surface area contributed by atoms with Gasteiger partial charge < -0.3 is 10.3 Å². The summed E-state index contributed by atoms with van der Waals surface area (Å²) in [5.41, 5.74) is 4.75. The number of pyridine rings is 1. The first-order chi connectivity index (χ1) is 10.5. The van der Waals surface area contributed by atoms with Crippen molar-refractivity contribution in [1.29, 1.82) is 0 Å². The Morgan fingerprint density at radius 2 is 1.73 bits per heavy atom. The van der Waals surface area contributed by atoms with Crippen molar-refractivity contribution in [2.45, 2.75) is 20.4 Å². The maximum absolute atomic E-state index is 12.3. The van der Waals surface area contributed by atoms with E-state index >= 15 is 0 Å². The summed E-state index contributed by atoms with van der Waals surface area (Å²) in [5.74, 6) is 0. The van der Waals surface area contributed by atoms with Crippen LogP contribution in [0.3, 0.4) is 0 Å². The van der Waals surface area contributed by atoms with Crippen LogP contribution in [0.4, 0.5) is 5.69 Å². The summed E-state index contributed by atoms with van der Waals surface area (Å²) < 4.78 is 0. The summed E-state index contributed by atoms with van der Waals surface area (Å²) in [6, 6.07) is 13.5. The molecule has 4 heteroatoms. The van der Waals surface area contributed by atoms with E-state index in [-0.39, 0.29) is 5.56 Å². The fourth-order valence-corrected chi connectivity index (χ4v) is 2.64. The Kier molecular flexibility index (Phi) is 3.90. The monoisotopic (exact) mass is 312 g/mol. The van der Waals surface area contributed by atoms with Crippen LogP contribution >= 0.6 is 11.6 Å². The third-order valence-electron chi connectivity index (χ3n) is 3.85. The van der Waals surface area contributed by atoms with Crippen molar-refractivity contribution in [2.75, 3.05) is 5.32 Å². The highest BCUT2D eigenvalue weighted by Crippen LogP contribution is 2.20. The average molecular weight is 313 g/mol. The molecule has 0 saturated carbocycles. The Morgan fingerprint density at radius 3 is 2.45 bits per heavy atom. The molecule has 2 aromatic carbocycles. The molecule has 0 aliphatic rings. The van der Waals surface area contributed by atoms with E-state index in [2.05, 4.69) is 23.3 Å². The molecule has 3 nitrogen and oxygen atoms in total. The van der Waals surface area contributed by atoms with Crippen molar-refractivity contribution in [2.24, 2.45) is 0 Å². The quantitative estimate of drug-likeness (QED) is 0.752. The van der Waals surface area contributed by atoms with Gasteiger partial charge in [-0.15, -0.1) is 0 Å². The SMILES string of the molecule is Cc1ccc(C)c2[nH]c(=O)c(CNc3ccc(Cl)cc3)cc12. The molecule has 22 heavy (non-hydrogen) atoms. The summed E-state index contributed by atoms with van der Waals surface area (Å²) in [7, 11) is 0. The van der Waals surface area contributed by atoms with Crippen molar-refractivity contribution in [3.63, 3.8) is 0 Å². The molecule has 3 aromatic rings. The van der Waals surface area contributed by atoms with E-state index in [1.165, 1.54) is 0 Å². The lowest BCUT2D eigenvalue weighted by atomic mass is 10.0. The summed E-state index contributed by atoms with van der Waals surface area (Å²) in [5, 5.41) is 5.03. The number of aromatic nitrogens is 1. The van der Waals surface area contributed by atoms with Gasteiger partial charge in [-0.25, -0.2) is 0 Å². The number of anilines is 1. The number of nitrogens with one attached hydrogen (secondary N) is 2. The summed E-state index contributed by atoms with van der Waals surface area (Å²) in [4.78, 5) is 15.3. The molecule has 0 saturated heterocycles. The summed E-state index contributed by atoms with van der Waals surface area (Å²) in [6.07, 6.45) is 0. The van der Waals surface area contributed by atoms with Crippen LogP contribution in [0.5, 0.6) is 0 Å². The molecule has 2 N–H and O–H groups in total. The van der Waals surface area contributed by atoms with Gasteiger partial charge in [-0.3, -0.25) is 4.79 Å². The maximum atomic E-state index is 12.3. The molecule has 0 fully saturated rings. The number of fused-ring (bicyclic) bond motifs is 1. The first kappa shape index (κ1) is 14.7. The van der Waals surface area contributed by atoms with Gasteiger partial charge in [-0.1, -0.05) is 23.7 Å². The van der Waals surface area contributed by atoms with E-state index in [0.717, 1.165) is 33.3 Å². The molecule has 0 spiro atoms. The Labute approximate surface area is 133 Å². The predicted octanol–water partition coefficient (Wildman–Crippen LogP) is 4.41. The molecule has 0 aliphatic carbocycles. The molecular formula is C18H17ClN2O. The van der Waals surface area contributed by atoms with E-state index in [0.29, 0.717) is 11.6 Å².